The van der Waals surface area contributed by atoms with E-state index in [2.05, 4.69) is 5.32 Å². The van der Waals surface area contributed by atoms with Gasteiger partial charge in [0.1, 0.15) is 11.8 Å². The van der Waals surface area contributed by atoms with Gasteiger partial charge < -0.3 is 10.1 Å². The van der Waals surface area contributed by atoms with E-state index in [1.165, 1.54) is 4.31 Å². The molecule has 0 aliphatic rings. The molecule has 6 nitrogen and oxygen atoms in total. The number of rotatable bonds is 10. The Bertz CT molecular complexity index is 982. The van der Waals surface area contributed by atoms with Gasteiger partial charge >= 0.3 is 0 Å². The van der Waals surface area contributed by atoms with Gasteiger partial charge in [-0.1, -0.05) is 18.2 Å². The van der Waals surface area contributed by atoms with Gasteiger partial charge in [-0.25, -0.2) is 8.42 Å². The quantitative estimate of drug-likeness (QED) is 0.560. The zero-order valence-corrected chi connectivity index (χ0v) is 20.1. The van der Waals surface area contributed by atoms with E-state index in [0.29, 0.717) is 12.2 Å². The number of ether oxygens (including phenoxy) is 1. The molecule has 0 saturated carbocycles. The lowest BCUT2D eigenvalue weighted by molar-refractivity contribution is -0.121. The number of nitrogens with zero attached hydrogens (tertiary/aromatic N) is 1. The minimum Gasteiger partial charge on any atom is -0.491 e. The Morgan fingerprint density at radius 2 is 1.71 bits per heavy atom. The summed E-state index contributed by atoms with van der Waals surface area (Å²) in [7, 11) is -3.63. The van der Waals surface area contributed by atoms with Crippen molar-refractivity contribution in [3.63, 3.8) is 0 Å². The number of anilines is 1. The molecule has 2 aromatic carbocycles. The Balaban J connectivity index is 1.98. The second kappa shape index (κ2) is 10.7. The first-order valence-corrected chi connectivity index (χ1v) is 12.4. The van der Waals surface area contributed by atoms with Crippen molar-refractivity contribution in [2.45, 2.75) is 59.6 Å². The van der Waals surface area contributed by atoms with Crippen molar-refractivity contribution < 1.29 is 17.9 Å². The number of amides is 1. The summed E-state index contributed by atoms with van der Waals surface area (Å²) in [6, 6.07) is 12.6. The lowest BCUT2D eigenvalue weighted by Gasteiger charge is -2.28. The number of sulfonamides is 1. The molecule has 1 atom stereocenters. The van der Waals surface area contributed by atoms with Gasteiger partial charge in [0, 0.05) is 6.54 Å². The largest absolute Gasteiger partial charge is 0.491 e. The van der Waals surface area contributed by atoms with E-state index in [0.717, 1.165) is 41.5 Å². The molecule has 0 fully saturated rings. The smallest absolute Gasteiger partial charge is 0.243 e. The van der Waals surface area contributed by atoms with Gasteiger partial charge in [-0.05, 0) is 88.4 Å². The normalized spacial score (nSPS) is 12.5. The summed E-state index contributed by atoms with van der Waals surface area (Å²) in [5.74, 6) is 0.517. The van der Waals surface area contributed by atoms with Gasteiger partial charge in [0.25, 0.3) is 0 Å². The van der Waals surface area contributed by atoms with Crippen LogP contribution in [0.15, 0.2) is 42.5 Å². The highest BCUT2D eigenvalue weighted by molar-refractivity contribution is 7.92. The number of hydrogen-bond donors (Lipinski definition) is 1. The van der Waals surface area contributed by atoms with Gasteiger partial charge in [-0.3, -0.25) is 9.10 Å². The Morgan fingerprint density at radius 3 is 2.29 bits per heavy atom. The maximum absolute atomic E-state index is 12.7. The summed E-state index contributed by atoms with van der Waals surface area (Å²) < 4.78 is 31.8. The van der Waals surface area contributed by atoms with Crippen LogP contribution >= 0.6 is 0 Å². The molecular weight excluding hydrogens is 412 g/mol. The highest BCUT2D eigenvalue weighted by Gasteiger charge is 2.29. The molecule has 0 heterocycles. The number of aryl methyl sites for hydroxylation is 3. The van der Waals surface area contributed by atoms with Gasteiger partial charge in [-0.2, -0.15) is 0 Å². The first kappa shape index (κ1) is 24.7. The number of benzene rings is 2. The van der Waals surface area contributed by atoms with E-state index < -0.39 is 16.1 Å². The Morgan fingerprint density at radius 1 is 1.06 bits per heavy atom. The van der Waals surface area contributed by atoms with Crippen LogP contribution in [0.5, 0.6) is 5.75 Å². The third-order valence-electron chi connectivity index (χ3n) is 4.76. The van der Waals surface area contributed by atoms with E-state index in [4.69, 9.17) is 4.74 Å². The average molecular weight is 447 g/mol. The molecule has 170 valence electrons. The van der Waals surface area contributed by atoms with Gasteiger partial charge in [0.2, 0.25) is 15.9 Å². The van der Waals surface area contributed by atoms with Crippen LogP contribution in [0.2, 0.25) is 0 Å². The average Bonchev–Trinajstić information content (AvgIpc) is 2.63. The maximum atomic E-state index is 12.7. The molecule has 31 heavy (non-hydrogen) atoms. The van der Waals surface area contributed by atoms with Crippen LogP contribution in [0.3, 0.4) is 0 Å². The molecule has 0 unspecified atom stereocenters. The lowest BCUT2D eigenvalue weighted by Crippen LogP contribution is -2.48. The minimum absolute atomic E-state index is 0.117. The fraction of sp³-hybridized carbons (Fsp3) is 0.458. The number of hydrogen-bond acceptors (Lipinski definition) is 4. The summed E-state index contributed by atoms with van der Waals surface area (Å²) in [6.07, 6.45) is 2.77. The summed E-state index contributed by atoms with van der Waals surface area (Å²) >= 11 is 0. The molecule has 0 aromatic heterocycles. The van der Waals surface area contributed by atoms with Crippen molar-refractivity contribution >= 4 is 21.6 Å². The standard InChI is InChI=1S/C24H34N2O4S/c1-17(2)30-23-11-7-9-21(16-23)10-8-12-25-24(27)20(5)26(31(6,28)29)22-14-18(3)13-19(4)15-22/h7,9,11,13-17,20H,8,10,12H2,1-6H3,(H,25,27)/t20-/m1/s1. The molecule has 0 spiro atoms. The predicted octanol–water partition coefficient (Wildman–Crippen LogP) is 3.99. The van der Waals surface area contributed by atoms with Crippen LogP contribution < -0.4 is 14.4 Å². The molecule has 0 radical (unpaired) electrons. The Kier molecular flexibility index (Phi) is 8.51. The monoisotopic (exact) mass is 446 g/mol. The zero-order chi connectivity index (χ0) is 23.2. The second-order valence-corrected chi connectivity index (χ2v) is 10.1. The highest BCUT2D eigenvalue weighted by Crippen LogP contribution is 2.24. The van der Waals surface area contributed by atoms with Crippen molar-refractivity contribution in [3.05, 3.63) is 59.2 Å². The number of nitrogens with one attached hydrogen (secondary N) is 1. The lowest BCUT2D eigenvalue weighted by atomic mass is 10.1. The van der Waals surface area contributed by atoms with Gasteiger partial charge in [-0.15, -0.1) is 0 Å². The van der Waals surface area contributed by atoms with Gasteiger partial charge in [0.15, 0.2) is 0 Å². The van der Waals surface area contributed by atoms with E-state index in [1.807, 2.05) is 58.0 Å². The third kappa shape index (κ3) is 7.58. The second-order valence-electron chi connectivity index (χ2n) is 8.29. The van der Waals surface area contributed by atoms with Crippen LogP contribution in [0.25, 0.3) is 0 Å². The fourth-order valence-corrected chi connectivity index (χ4v) is 4.74. The summed E-state index contributed by atoms with van der Waals surface area (Å²) in [4.78, 5) is 12.7. The van der Waals surface area contributed by atoms with Crippen molar-refractivity contribution in [2.75, 3.05) is 17.1 Å². The Hall–Kier alpha value is -2.54. The number of carbonyl (C=O) groups is 1. The summed E-state index contributed by atoms with van der Waals surface area (Å²) in [5.41, 5.74) is 3.53. The highest BCUT2D eigenvalue weighted by atomic mass is 32.2. The van der Waals surface area contributed by atoms with Crippen molar-refractivity contribution in [1.29, 1.82) is 0 Å². The minimum atomic E-state index is -3.63. The molecule has 2 aromatic rings. The SMILES string of the molecule is Cc1cc(C)cc(N([C@H](C)C(=O)NCCCc2cccc(OC(C)C)c2)S(C)(=O)=O)c1. The summed E-state index contributed by atoms with van der Waals surface area (Å²) in [6.45, 7) is 9.86. The maximum Gasteiger partial charge on any atom is 0.243 e. The van der Waals surface area contributed by atoms with Crippen LogP contribution in [0.1, 0.15) is 43.9 Å². The zero-order valence-electron chi connectivity index (χ0n) is 19.3. The van der Waals surface area contributed by atoms with E-state index in [-0.39, 0.29) is 12.0 Å². The van der Waals surface area contributed by atoms with E-state index in [1.54, 1.807) is 19.1 Å². The van der Waals surface area contributed by atoms with Crippen molar-refractivity contribution in [3.8, 4) is 5.75 Å². The molecule has 0 saturated heterocycles. The molecular formula is C24H34N2O4S. The number of carbonyl (C=O) groups excluding carboxylic acids is 1. The first-order valence-electron chi connectivity index (χ1n) is 10.6. The van der Waals surface area contributed by atoms with Crippen LogP contribution in [0.4, 0.5) is 5.69 Å². The third-order valence-corrected chi connectivity index (χ3v) is 6.00. The molecule has 2 rings (SSSR count). The van der Waals surface area contributed by atoms with E-state index >= 15 is 0 Å². The fourth-order valence-electron chi connectivity index (χ4n) is 3.58. The van der Waals surface area contributed by atoms with Crippen LogP contribution in [0, 0.1) is 13.8 Å². The first-order chi connectivity index (χ1) is 14.5. The van der Waals surface area contributed by atoms with E-state index in [9.17, 15) is 13.2 Å². The van der Waals surface area contributed by atoms with Crippen LogP contribution in [-0.4, -0.2) is 39.3 Å². The van der Waals surface area contributed by atoms with Crippen molar-refractivity contribution in [2.24, 2.45) is 0 Å². The Labute approximate surface area is 186 Å². The molecule has 1 amide bonds. The van der Waals surface area contributed by atoms with Crippen LogP contribution in [-0.2, 0) is 21.2 Å². The molecule has 7 heteroatoms. The summed E-state index contributed by atoms with van der Waals surface area (Å²) in [5, 5.41) is 2.87. The molecule has 0 aliphatic heterocycles. The van der Waals surface area contributed by atoms with Gasteiger partial charge in [0.05, 0.1) is 18.0 Å². The molecule has 1 N–H and O–H groups in total. The molecule has 0 aliphatic carbocycles. The van der Waals surface area contributed by atoms with Crippen molar-refractivity contribution in [1.82, 2.24) is 5.32 Å². The molecule has 0 bridgehead atoms. The predicted molar refractivity (Wildman–Crippen MR) is 126 cm³/mol. The topological polar surface area (TPSA) is 75.7 Å².